The van der Waals surface area contributed by atoms with Gasteiger partial charge in [-0.1, -0.05) is 54.6 Å². The van der Waals surface area contributed by atoms with Gasteiger partial charge in [0.05, 0.1) is 11.1 Å². The Bertz CT molecular complexity index is 1390. The van der Waals surface area contributed by atoms with Gasteiger partial charge in [0.25, 0.3) is 0 Å². The zero-order valence-corrected chi connectivity index (χ0v) is 20.2. The number of nitrogens with zero attached hydrogens (tertiary/aromatic N) is 3. The molecule has 4 aromatic rings. The van der Waals surface area contributed by atoms with Gasteiger partial charge in [-0.3, -0.25) is 4.79 Å². The summed E-state index contributed by atoms with van der Waals surface area (Å²) in [4.78, 5) is 24.5. The molecule has 1 aliphatic rings. The van der Waals surface area contributed by atoms with Crippen LogP contribution in [0.15, 0.2) is 78.9 Å². The van der Waals surface area contributed by atoms with E-state index < -0.39 is 11.7 Å². The Labute approximate surface area is 213 Å². The zero-order chi connectivity index (χ0) is 25.8. The summed E-state index contributed by atoms with van der Waals surface area (Å²) in [6, 6.07) is 22.9. The highest BCUT2D eigenvalue weighted by Gasteiger charge is 2.30. The Kier molecular flexibility index (Phi) is 7.08. The number of hydrogen-bond donors (Lipinski definition) is 1. The molecule has 1 aliphatic carbocycles. The molecule has 5 nitrogen and oxygen atoms in total. The number of alkyl halides is 3. The van der Waals surface area contributed by atoms with E-state index in [1.807, 2.05) is 54.6 Å². The van der Waals surface area contributed by atoms with E-state index in [4.69, 9.17) is 9.97 Å². The maximum Gasteiger partial charge on any atom is 0.416 e. The molecule has 0 atom stereocenters. The Morgan fingerprint density at radius 3 is 2.41 bits per heavy atom. The van der Waals surface area contributed by atoms with Crippen molar-refractivity contribution in [1.29, 1.82) is 0 Å². The van der Waals surface area contributed by atoms with Crippen LogP contribution in [0.2, 0.25) is 0 Å². The highest BCUT2D eigenvalue weighted by Crippen LogP contribution is 2.40. The summed E-state index contributed by atoms with van der Waals surface area (Å²) >= 11 is 0. The average Bonchev–Trinajstić information content (AvgIpc) is 3.75. The smallest absolute Gasteiger partial charge is 0.352 e. The minimum absolute atomic E-state index is 0.0315. The van der Waals surface area contributed by atoms with Gasteiger partial charge in [-0.05, 0) is 48.2 Å². The molecule has 8 heteroatoms. The summed E-state index contributed by atoms with van der Waals surface area (Å²) in [6.45, 7) is 0.991. The molecule has 1 fully saturated rings. The van der Waals surface area contributed by atoms with Crippen molar-refractivity contribution < 1.29 is 18.0 Å². The second-order valence-corrected chi connectivity index (χ2v) is 9.33. The SMILES string of the molecule is O=C(CCN(Cc1ccccc1)c1nc(C2CC2)nc2ccccc12)NCc1cccc(C(F)(F)F)c1. The van der Waals surface area contributed by atoms with Gasteiger partial charge in [0.15, 0.2) is 0 Å². The monoisotopic (exact) mass is 504 g/mol. The van der Waals surface area contributed by atoms with Crippen LogP contribution in [0.5, 0.6) is 0 Å². The lowest BCUT2D eigenvalue weighted by molar-refractivity contribution is -0.137. The molecular weight excluding hydrogens is 477 g/mol. The van der Waals surface area contributed by atoms with E-state index in [2.05, 4.69) is 10.2 Å². The minimum atomic E-state index is -4.42. The summed E-state index contributed by atoms with van der Waals surface area (Å²) in [5.74, 6) is 1.76. The van der Waals surface area contributed by atoms with Gasteiger partial charge in [0.1, 0.15) is 11.6 Å². The first-order valence-corrected chi connectivity index (χ1v) is 12.4. The third kappa shape index (κ3) is 6.25. The topological polar surface area (TPSA) is 58.1 Å². The molecule has 1 saturated carbocycles. The van der Waals surface area contributed by atoms with Crippen molar-refractivity contribution in [2.24, 2.45) is 0 Å². The summed E-state index contributed by atoms with van der Waals surface area (Å²) in [6.07, 6.45) is -2.09. The lowest BCUT2D eigenvalue weighted by Crippen LogP contribution is -2.31. The number of hydrogen-bond acceptors (Lipinski definition) is 4. The minimum Gasteiger partial charge on any atom is -0.352 e. The Morgan fingerprint density at radius 2 is 1.65 bits per heavy atom. The van der Waals surface area contributed by atoms with Gasteiger partial charge < -0.3 is 10.2 Å². The summed E-state index contributed by atoms with van der Waals surface area (Å²) in [5, 5.41) is 3.68. The van der Waals surface area contributed by atoms with E-state index >= 15 is 0 Å². The maximum absolute atomic E-state index is 13.0. The van der Waals surface area contributed by atoms with Gasteiger partial charge in [-0.15, -0.1) is 0 Å². The third-order valence-electron chi connectivity index (χ3n) is 6.41. The Hall–Kier alpha value is -3.94. The Balaban J connectivity index is 1.34. The predicted octanol–water partition coefficient (Wildman–Crippen LogP) is 6.24. The maximum atomic E-state index is 13.0. The lowest BCUT2D eigenvalue weighted by Gasteiger charge is -2.25. The summed E-state index contributed by atoms with van der Waals surface area (Å²) in [5.41, 5.74) is 1.64. The number of fused-ring (bicyclic) bond motifs is 1. The fourth-order valence-electron chi connectivity index (χ4n) is 4.29. The van der Waals surface area contributed by atoms with Crippen molar-refractivity contribution in [2.45, 2.75) is 44.4 Å². The van der Waals surface area contributed by atoms with Gasteiger partial charge >= 0.3 is 6.18 Å². The zero-order valence-electron chi connectivity index (χ0n) is 20.2. The molecule has 1 aromatic heterocycles. The van der Waals surface area contributed by atoms with Crippen LogP contribution in [0.25, 0.3) is 10.9 Å². The molecular formula is C29H27F3N4O. The first-order valence-electron chi connectivity index (χ1n) is 12.4. The first kappa shape index (κ1) is 24.7. The Morgan fingerprint density at radius 1 is 0.919 bits per heavy atom. The number of benzene rings is 3. The lowest BCUT2D eigenvalue weighted by atomic mass is 10.1. The van der Waals surface area contributed by atoms with Gasteiger partial charge in [0, 0.05) is 37.4 Å². The molecule has 0 saturated heterocycles. The molecule has 0 spiro atoms. The number of carbonyl (C=O) groups excluding carboxylic acids is 1. The number of amides is 1. The normalized spacial score (nSPS) is 13.5. The molecule has 5 rings (SSSR count). The van der Waals surface area contributed by atoms with Crippen LogP contribution in [-0.4, -0.2) is 22.4 Å². The number of para-hydroxylation sites is 1. The van der Waals surface area contributed by atoms with E-state index in [9.17, 15) is 18.0 Å². The van der Waals surface area contributed by atoms with Crippen LogP contribution in [-0.2, 0) is 24.1 Å². The van der Waals surface area contributed by atoms with E-state index in [1.165, 1.54) is 6.07 Å². The second-order valence-electron chi connectivity index (χ2n) is 9.33. The number of aromatic nitrogens is 2. The molecule has 0 unspecified atom stereocenters. The number of halogens is 3. The highest BCUT2D eigenvalue weighted by atomic mass is 19.4. The van der Waals surface area contributed by atoms with Gasteiger partial charge in [-0.25, -0.2) is 9.97 Å². The van der Waals surface area contributed by atoms with E-state index in [-0.39, 0.29) is 18.9 Å². The van der Waals surface area contributed by atoms with Crippen LogP contribution in [0.4, 0.5) is 19.0 Å². The van der Waals surface area contributed by atoms with Crippen molar-refractivity contribution in [3.63, 3.8) is 0 Å². The molecule has 0 bridgehead atoms. The molecule has 1 N–H and O–H groups in total. The summed E-state index contributed by atoms with van der Waals surface area (Å²) in [7, 11) is 0. The standard InChI is InChI=1S/C29H27F3N4O/c30-29(31,32)23-10-6-9-21(17-23)18-33-26(37)15-16-36(19-20-7-2-1-3-8-20)28-24-11-4-5-12-25(24)34-27(35-28)22-13-14-22/h1-12,17,22H,13-16,18-19H2,(H,33,37). The average molecular weight is 505 g/mol. The van der Waals surface area contributed by atoms with E-state index in [0.717, 1.165) is 53.1 Å². The van der Waals surface area contributed by atoms with Crippen molar-refractivity contribution in [1.82, 2.24) is 15.3 Å². The first-order chi connectivity index (χ1) is 17.9. The number of nitrogens with one attached hydrogen (secondary N) is 1. The fourth-order valence-corrected chi connectivity index (χ4v) is 4.29. The van der Waals surface area contributed by atoms with Crippen molar-refractivity contribution in [3.05, 3.63) is 101 Å². The quantitative estimate of drug-likeness (QED) is 0.293. The van der Waals surface area contributed by atoms with Crippen molar-refractivity contribution in [3.8, 4) is 0 Å². The van der Waals surface area contributed by atoms with Crippen molar-refractivity contribution >= 4 is 22.6 Å². The highest BCUT2D eigenvalue weighted by molar-refractivity contribution is 5.90. The van der Waals surface area contributed by atoms with E-state index in [1.54, 1.807) is 6.07 Å². The number of carbonyl (C=O) groups is 1. The molecule has 37 heavy (non-hydrogen) atoms. The van der Waals surface area contributed by atoms with Crippen molar-refractivity contribution in [2.75, 3.05) is 11.4 Å². The molecule has 1 heterocycles. The molecule has 190 valence electrons. The van der Waals surface area contributed by atoms with Crippen LogP contribution in [0.3, 0.4) is 0 Å². The van der Waals surface area contributed by atoms with E-state index in [0.29, 0.717) is 24.6 Å². The van der Waals surface area contributed by atoms with Crippen LogP contribution in [0.1, 0.15) is 47.7 Å². The molecule has 0 radical (unpaired) electrons. The third-order valence-corrected chi connectivity index (χ3v) is 6.41. The van der Waals surface area contributed by atoms with Gasteiger partial charge in [-0.2, -0.15) is 13.2 Å². The van der Waals surface area contributed by atoms with Crippen LogP contribution in [0, 0.1) is 0 Å². The molecule has 0 aliphatic heterocycles. The molecule has 3 aromatic carbocycles. The van der Waals surface area contributed by atoms with Gasteiger partial charge in [0.2, 0.25) is 5.91 Å². The van der Waals surface area contributed by atoms with Crippen LogP contribution >= 0.6 is 0 Å². The molecule has 1 amide bonds. The second kappa shape index (κ2) is 10.6. The summed E-state index contributed by atoms with van der Waals surface area (Å²) < 4.78 is 39.0. The largest absolute Gasteiger partial charge is 0.416 e. The fraction of sp³-hybridized carbons (Fsp3) is 0.276. The number of rotatable bonds is 9. The number of anilines is 1. The predicted molar refractivity (Wildman–Crippen MR) is 137 cm³/mol. The van der Waals surface area contributed by atoms with Crippen LogP contribution < -0.4 is 10.2 Å².